The van der Waals surface area contributed by atoms with Gasteiger partial charge in [-0.05, 0) is 23.6 Å². The fourth-order valence-corrected chi connectivity index (χ4v) is 1.77. The van der Waals surface area contributed by atoms with Crippen molar-refractivity contribution < 1.29 is 4.79 Å². The Kier molecular flexibility index (Phi) is 5.26. The topological polar surface area (TPSA) is 66.9 Å². The highest BCUT2D eigenvalue weighted by Crippen LogP contribution is 2.09. The summed E-state index contributed by atoms with van der Waals surface area (Å²) in [5.41, 5.74) is 2.37. The number of anilines is 1. The molecule has 0 unspecified atom stereocenters. The molecule has 0 atom stereocenters. The van der Waals surface area contributed by atoms with Crippen LogP contribution in [0.1, 0.15) is 29.8 Å². The zero-order valence-electron chi connectivity index (χ0n) is 12.3. The number of carbonyl (C=O) groups excluding carboxylic acids is 1. The zero-order chi connectivity index (χ0) is 15.1. The first-order valence-electron chi connectivity index (χ1n) is 7.01. The van der Waals surface area contributed by atoms with E-state index in [0.717, 1.165) is 17.8 Å². The predicted molar refractivity (Wildman–Crippen MR) is 83.0 cm³/mol. The monoisotopic (exact) mass is 284 g/mol. The molecule has 0 saturated carbocycles. The van der Waals surface area contributed by atoms with Gasteiger partial charge in [0.05, 0.1) is 11.3 Å². The van der Waals surface area contributed by atoms with Gasteiger partial charge in [0, 0.05) is 37.9 Å². The van der Waals surface area contributed by atoms with Gasteiger partial charge < -0.3 is 10.6 Å². The van der Waals surface area contributed by atoms with E-state index >= 15 is 0 Å². The van der Waals surface area contributed by atoms with E-state index in [1.54, 1.807) is 24.8 Å². The average molecular weight is 284 g/mol. The smallest absolute Gasteiger partial charge is 0.253 e. The van der Waals surface area contributed by atoms with Crippen LogP contribution in [0.3, 0.4) is 0 Å². The summed E-state index contributed by atoms with van der Waals surface area (Å²) in [5, 5.41) is 6.12. The van der Waals surface area contributed by atoms with Crippen LogP contribution in [0.4, 0.5) is 5.69 Å². The quantitative estimate of drug-likeness (QED) is 0.855. The van der Waals surface area contributed by atoms with Gasteiger partial charge >= 0.3 is 0 Å². The minimum atomic E-state index is -0.139. The fraction of sp³-hybridized carbons (Fsp3) is 0.312. The van der Waals surface area contributed by atoms with Gasteiger partial charge in [-0.3, -0.25) is 14.8 Å². The van der Waals surface area contributed by atoms with Crippen molar-refractivity contribution in [3.63, 3.8) is 0 Å². The highest BCUT2D eigenvalue weighted by Gasteiger charge is 2.07. The first-order valence-corrected chi connectivity index (χ1v) is 7.01. The largest absolute Gasteiger partial charge is 0.384 e. The van der Waals surface area contributed by atoms with Crippen molar-refractivity contribution in [2.24, 2.45) is 5.92 Å². The Morgan fingerprint density at radius 3 is 2.81 bits per heavy atom. The molecular weight excluding hydrogens is 264 g/mol. The standard InChI is InChI=1S/C16H20N4O/c1-12(2)7-19-15-6-14(10-18-11-15)16(21)20-9-13-4-3-5-17-8-13/h3-6,8,10-12,19H,7,9H2,1-2H3,(H,20,21). The predicted octanol–water partition coefficient (Wildman–Crippen LogP) is 2.47. The molecule has 21 heavy (non-hydrogen) atoms. The average Bonchev–Trinajstić information content (AvgIpc) is 2.52. The molecular formula is C16H20N4O. The lowest BCUT2D eigenvalue weighted by Gasteiger charge is -2.10. The summed E-state index contributed by atoms with van der Waals surface area (Å²) in [6.45, 7) is 5.56. The molecule has 0 aliphatic rings. The number of carbonyl (C=O) groups is 1. The molecule has 110 valence electrons. The zero-order valence-corrected chi connectivity index (χ0v) is 12.3. The lowest BCUT2D eigenvalue weighted by Crippen LogP contribution is -2.23. The van der Waals surface area contributed by atoms with Crippen molar-refractivity contribution in [2.45, 2.75) is 20.4 Å². The van der Waals surface area contributed by atoms with Gasteiger partial charge in [-0.15, -0.1) is 0 Å². The lowest BCUT2D eigenvalue weighted by molar-refractivity contribution is 0.0950. The van der Waals surface area contributed by atoms with E-state index < -0.39 is 0 Å². The van der Waals surface area contributed by atoms with E-state index in [2.05, 4.69) is 34.4 Å². The number of nitrogens with zero attached hydrogens (tertiary/aromatic N) is 2. The van der Waals surface area contributed by atoms with Crippen molar-refractivity contribution in [1.29, 1.82) is 0 Å². The van der Waals surface area contributed by atoms with Crippen molar-refractivity contribution in [3.05, 3.63) is 54.1 Å². The molecule has 2 rings (SSSR count). The Morgan fingerprint density at radius 1 is 1.24 bits per heavy atom. The molecule has 0 fully saturated rings. The summed E-state index contributed by atoms with van der Waals surface area (Å²) < 4.78 is 0. The first-order chi connectivity index (χ1) is 10.1. The molecule has 5 heteroatoms. The third-order valence-electron chi connectivity index (χ3n) is 2.89. The molecule has 2 heterocycles. The van der Waals surface area contributed by atoms with Crippen LogP contribution in [0.15, 0.2) is 43.0 Å². The van der Waals surface area contributed by atoms with Crippen molar-refractivity contribution in [3.8, 4) is 0 Å². The molecule has 1 amide bonds. The fourth-order valence-electron chi connectivity index (χ4n) is 1.77. The van der Waals surface area contributed by atoms with E-state index in [1.165, 1.54) is 0 Å². The number of amides is 1. The van der Waals surface area contributed by atoms with Crippen LogP contribution < -0.4 is 10.6 Å². The Labute approximate surface area is 124 Å². The number of aromatic nitrogens is 2. The molecule has 0 saturated heterocycles. The minimum absolute atomic E-state index is 0.139. The molecule has 2 N–H and O–H groups in total. The van der Waals surface area contributed by atoms with E-state index in [4.69, 9.17) is 0 Å². The number of pyridine rings is 2. The van der Waals surface area contributed by atoms with Crippen molar-refractivity contribution >= 4 is 11.6 Å². The van der Waals surface area contributed by atoms with Gasteiger partial charge in [-0.25, -0.2) is 0 Å². The van der Waals surface area contributed by atoms with E-state index in [-0.39, 0.29) is 5.91 Å². The summed E-state index contributed by atoms with van der Waals surface area (Å²) in [7, 11) is 0. The molecule has 0 radical (unpaired) electrons. The second kappa shape index (κ2) is 7.38. The van der Waals surface area contributed by atoms with Gasteiger partial charge in [0.15, 0.2) is 0 Å². The molecule has 0 spiro atoms. The summed E-state index contributed by atoms with van der Waals surface area (Å²) in [4.78, 5) is 20.2. The molecule has 0 aliphatic carbocycles. The maximum Gasteiger partial charge on any atom is 0.253 e. The van der Waals surface area contributed by atoms with Gasteiger partial charge in [-0.1, -0.05) is 19.9 Å². The lowest BCUT2D eigenvalue weighted by atomic mass is 10.2. The van der Waals surface area contributed by atoms with Crippen molar-refractivity contribution in [2.75, 3.05) is 11.9 Å². The summed E-state index contributed by atoms with van der Waals surface area (Å²) in [6, 6.07) is 5.58. The van der Waals surface area contributed by atoms with Crippen LogP contribution in [-0.4, -0.2) is 22.4 Å². The molecule has 0 aliphatic heterocycles. The summed E-state index contributed by atoms with van der Waals surface area (Å²) >= 11 is 0. The molecule has 2 aromatic rings. The Morgan fingerprint density at radius 2 is 2.10 bits per heavy atom. The van der Waals surface area contributed by atoms with E-state index in [0.29, 0.717) is 18.0 Å². The van der Waals surface area contributed by atoms with Crippen molar-refractivity contribution in [1.82, 2.24) is 15.3 Å². The SMILES string of the molecule is CC(C)CNc1cncc(C(=O)NCc2cccnc2)c1. The number of hydrogen-bond donors (Lipinski definition) is 2. The molecule has 0 bridgehead atoms. The molecule has 5 nitrogen and oxygen atoms in total. The highest BCUT2D eigenvalue weighted by atomic mass is 16.1. The third-order valence-corrected chi connectivity index (χ3v) is 2.89. The highest BCUT2D eigenvalue weighted by molar-refractivity contribution is 5.94. The van der Waals surface area contributed by atoms with Crippen LogP contribution in [0.2, 0.25) is 0 Å². The summed E-state index contributed by atoms with van der Waals surface area (Å²) in [6.07, 6.45) is 6.73. The van der Waals surface area contributed by atoms with Crippen LogP contribution in [0.5, 0.6) is 0 Å². The summed E-state index contributed by atoms with van der Waals surface area (Å²) in [5.74, 6) is 0.396. The number of nitrogens with one attached hydrogen (secondary N) is 2. The van der Waals surface area contributed by atoms with Crippen LogP contribution in [0, 0.1) is 5.92 Å². The van der Waals surface area contributed by atoms with Crippen LogP contribution in [0.25, 0.3) is 0 Å². The third kappa shape index (κ3) is 4.87. The molecule has 0 aromatic carbocycles. The number of hydrogen-bond acceptors (Lipinski definition) is 4. The van der Waals surface area contributed by atoms with E-state index in [1.807, 2.05) is 18.2 Å². The van der Waals surface area contributed by atoms with Gasteiger partial charge in [0.25, 0.3) is 5.91 Å². The maximum atomic E-state index is 12.1. The first kappa shape index (κ1) is 15.0. The van der Waals surface area contributed by atoms with Crippen LogP contribution in [-0.2, 0) is 6.54 Å². The van der Waals surface area contributed by atoms with E-state index in [9.17, 15) is 4.79 Å². The number of rotatable bonds is 6. The normalized spacial score (nSPS) is 10.4. The maximum absolute atomic E-state index is 12.1. The minimum Gasteiger partial charge on any atom is -0.384 e. The Hall–Kier alpha value is -2.43. The Bertz CT molecular complexity index is 584. The Balaban J connectivity index is 1.94. The van der Waals surface area contributed by atoms with Gasteiger partial charge in [0.2, 0.25) is 0 Å². The van der Waals surface area contributed by atoms with Gasteiger partial charge in [-0.2, -0.15) is 0 Å². The van der Waals surface area contributed by atoms with Crippen LogP contribution >= 0.6 is 0 Å². The van der Waals surface area contributed by atoms with Gasteiger partial charge in [0.1, 0.15) is 0 Å². The molecule has 2 aromatic heterocycles. The second-order valence-corrected chi connectivity index (χ2v) is 5.28. The second-order valence-electron chi connectivity index (χ2n) is 5.28.